The molecule has 4 heterocycles. The Labute approximate surface area is 360 Å². The number of para-hydroxylation sites is 1. The smallest absolute Gasteiger partial charge is 0.246 e. The van der Waals surface area contributed by atoms with Crippen molar-refractivity contribution in [3.8, 4) is 0 Å². The molecule has 0 saturated carbocycles. The molecule has 23 heteroatoms. The fourth-order valence-corrected chi connectivity index (χ4v) is 8.69. The largest absolute Gasteiger partial charge is 0.394 e. The molecule has 9 amide bonds. The number of carbonyl (C=O) groups is 9. The standard InChI is InChI=1S/C39H55N11O11S/c1-4-17(2)31-36(59)43-12-29(54)44-25-16-62-38-21(20-7-5-6-8-22(20)47-38)10-23(33(56)42-13-30(55)48-31)45-37(60)32(18(3)27(52)15-51)49-35(58)26-9-19(40)14-50(26)39(61)24(11-28(41)53)46-34(25)57/h5-8,17-19,23-27,31-32,47,51-52H,4,9-16,40H2,1-3H3,(H2,41,53)(H,42,56)(H,43,59)(H,44,54)(H,45,60)(H,46,57)(H,48,55)(H,49,58)/t17-,18-,19+,23-,24-,25-,26-,27?,31-,32-/m0/s1. The minimum atomic E-state index is -1.66. The van der Waals surface area contributed by atoms with Gasteiger partial charge in [0, 0.05) is 41.6 Å². The van der Waals surface area contributed by atoms with E-state index in [0.717, 1.165) is 16.7 Å². The van der Waals surface area contributed by atoms with Gasteiger partial charge in [-0.15, -0.1) is 11.8 Å². The summed E-state index contributed by atoms with van der Waals surface area (Å²) in [5.41, 5.74) is 12.8. The van der Waals surface area contributed by atoms with Crippen molar-refractivity contribution >= 4 is 75.8 Å². The SMILES string of the molecule is CC[C@H](C)[C@@H]1NC(=O)CNC(=O)[C@@H]2Cc3c([nH]c4ccccc34)SC[C@H](NC(=O)CNC1=O)C(=O)N[C@@H](CC(N)=O)C(=O)N1C[C@H](N)C[C@H]1C(=O)N[C@@H]([C@@H](C)C(O)CO)C(=O)N2. The van der Waals surface area contributed by atoms with Crippen LogP contribution in [0.1, 0.15) is 45.6 Å². The Bertz CT molecular complexity index is 2070. The predicted molar refractivity (Wildman–Crippen MR) is 222 cm³/mol. The van der Waals surface area contributed by atoms with Crippen LogP contribution < -0.4 is 48.7 Å². The quantitative estimate of drug-likeness (QED) is 0.125. The highest BCUT2D eigenvalue weighted by atomic mass is 32.2. The molecule has 338 valence electrons. The van der Waals surface area contributed by atoms with E-state index in [2.05, 4.69) is 42.2 Å². The minimum absolute atomic E-state index is 0.130. The van der Waals surface area contributed by atoms with E-state index >= 15 is 0 Å². The number of aromatic amines is 1. The zero-order valence-corrected chi connectivity index (χ0v) is 35.3. The van der Waals surface area contributed by atoms with Crippen LogP contribution in [-0.4, -0.2) is 154 Å². The monoisotopic (exact) mass is 885 g/mol. The van der Waals surface area contributed by atoms with E-state index < -0.39 is 140 Å². The van der Waals surface area contributed by atoms with E-state index in [0.29, 0.717) is 27.9 Å². The van der Waals surface area contributed by atoms with E-state index in [4.69, 9.17) is 11.5 Å². The Hall–Kier alpha value is -5.78. The van der Waals surface area contributed by atoms with Crippen molar-refractivity contribution in [3.05, 3.63) is 29.8 Å². The number of carbonyl (C=O) groups excluding carboxylic acids is 9. The molecular weight excluding hydrogens is 831 g/mol. The van der Waals surface area contributed by atoms with Crippen molar-refractivity contribution in [1.29, 1.82) is 0 Å². The van der Waals surface area contributed by atoms with Gasteiger partial charge < -0.3 is 68.8 Å². The van der Waals surface area contributed by atoms with Gasteiger partial charge in [0.05, 0.1) is 37.2 Å². The lowest BCUT2D eigenvalue weighted by Crippen LogP contribution is -2.62. The first-order valence-electron chi connectivity index (χ1n) is 20.3. The highest BCUT2D eigenvalue weighted by Crippen LogP contribution is 2.32. The number of H-pyrrole nitrogens is 1. The van der Waals surface area contributed by atoms with Gasteiger partial charge in [0.1, 0.15) is 36.3 Å². The molecule has 0 aliphatic carbocycles. The summed E-state index contributed by atoms with van der Waals surface area (Å²) in [5, 5.41) is 39.5. The molecule has 0 spiro atoms. The Balaban J connectivity index is 1.69. The maximum atomic E-state index is 14.4. The van der Waals surface area contributed by atoms with Gasteiger partial charge in [0.2, 0.25) is 53.2 Å². The third-order valence-electron chi connectivity index (χ3n) is 11.4. The molecular formula is C39H55N11O11S. The first kappa shape index (κ1) is 47.3. The number of fused-ring (bicyclic) bond motifs is 5. The van der Waals surface area contributed by atoms with Crippen LogP contribution >= 0.6 is 11.8 Å². The molecule has 10 atom stereocenters. The van der Waals surface area contributed by atoms with Crippen LogP contribution in [-0.2, 0) is 49.6 Å². The molecule has 1 aromatic carbocycles. The maximum Gasteiger partial charge on any atom is 0.246 e. The first-order chi connectivity index (χ1) is 29.4. The fourth-order valence-electron chi connectivity index (χ4n) is 7.57. The van der Waals surface area contributed by atoms with Gasteiger partial charge in [-0.05, 0) is 24.0 Å². The average molecular weight is 886 g/mol. The number of rotatable bonds is 7. The van der Waals surface area contributed by atoms with Gasteiger partial charge in [-0.1, -0.05) is 45.4 Å². The predicted octanol–water partition coefficient (Wildman–Crippen LogP) is -4.67. The molecule has 0 radical (unpaired) electrons. The Morgan fingerprint density at radius 2 is 1.53 bits per heavy atom. The number of thioether (sulfide) groups is 1. The van der Waals surface area contributed by atoms with Crippen LogP contribution in [0.5, 0.6) is 0 Å². The molecule has 1 saturated heterocycles. The van der Waals surface area contributed by atoms with Crippen LogP contribution in [0, 0.1) is 11.8 Å². The average Bonchev–Trinajstić information content (AvgIpc) is 3.81. The van der Waals surface area contributed by atoms with E-state index in [1.54, 1.807) is 38.1 Å². The number of primary amides is 1. The van der Waals surface area contributed by atoms with E-state index in [-0.39, 0.29) is 25.1 Å². The van der Waals surface area contributed by atoms with Crippen molar-refractivity contribution < 1.29 is 53.4 Å². The normalized spacial score (nSPS) is 27.8. The number of aliphatic hydroxyl groups is 2. The molecule has 3 aliphatic heterocycles. The molecule has 22 nitrogen and oxygen atoms in total. The van der Waals surface area contributed by atoms with Crippen LogP contribution in [0.3, 0.4) is 0 Å². The molecule has 1 fully saturated rings. The number of benzene rings is 1. The van der Waals surface area contributed by atoms with Crippen molar-refractivity contribution in [2.45, 2.75) is 99.9 Å². The number of hydrogen-bond acceptors (Lipinski definition) is 13. The number of aliphatic hydroxyl groups excluding tert-OH is 2. The summed E-state index contributed by atoms with van der Waals surface area (Å²) < 4.78 is 0. The lowest BCUT2D eigenvalue weighted by molar-refractivity contribution is -0.144. The zero-order valence-electron chi connectivity index (χ0n) is 34.5. The zero-order chi connectivity index (χ0) is 45.4. The highest BCUT2D eigenvalue weighted by Gasteiger charge is 2.44. The van der Waals surface area contributed by atoms with Gasteiger partial charge >= 0.3 is 0 Å². The molecule has 14 N–H and O–H groups in total. The third-order valence-corrected chi connectivity index (χ3v) is 12.5. The molecule has 5 rings (SSSR count). The van der Waals surface area contributed by atoms with Crippen LogP contribution in [0.4, 0.5) is 0 Å². The Kier molecular flexibility index (Phi) is 15.9. The number of hydrogen-bond donors (Lipinski definition) is 12. The van der Waals surface area contributed by atoms with Gasteiger partial charge in [-0.3, -0.25) is 43.2 Å². The molecule has 2 aromatic rings. The fraction of sp³-hybridized carbons (Fsp3) is 0.564. The van der Waals surface area contributed by atoms with Crippen LogP contribution in [0.15, 0.2) is 29.3 Å². The van der Waals surface area contributed by atoms with E-state index in [1.165, 1.54) is 6.92 Å². The molecule has 3 aliphatic rings. The number of nitrogens with two attached hydrogens (primary N) is 2. The molecule has 1 unspecified atom stereocenters. The summed E-state index contributed by atoms with van der Waals surface area (Å²) in [6.07, 6.45) is -2.24. The van der Waals surface area contributed by atoms with E-state index in [9.17, 15) is 53.4 Å². The lowest BCUT2D eigenvalue weighted by atomic mass is 9.93. The second-order valence-electron chi connectivity index (χ2n) is 15.9. The second-order valence-corrected chi connectivity index (χ2v) is 16.9. The number of nitrogens with zero attached hydrogens (tertiary/aromatic N) is 1. The van der Waals surface area contributed by atoms with Crippen molar-refractivity contribution in [3.63, 3.8) is 0 Å². The molecule has 2 bridgehead atoms. The molecule has 1 aromatic heterocycles. The van der Waals surface area contributed by atoms with Crippen LogP contribution in [0.2, 0.25) is 0 Å². The third kappa shape index (κ3) is 11.4. The van der Waals surface area contributed by atoms with Crippen molar-refractivity contribution in [2.24, 2.45) is 23.3 Å². The summed E-state index contributed by atoms with van der Waals surface area (Å²) >= 11 is 1.04. The topological polar surface area (TPSA) is 349 Å². The van der Waals surface area contributed by atoms with Gasteiger partial charge in [-0.25, -0.2) is 0 Å². The maximum absolute atomic E-state index is 14.4. The minimum Gasteiger partial charge on any atom is -0.394 e. The van der Waals surface area contributed by atoms with Crippen LogP contribution in [0.25, 0.3) is 10.9 Å². The van der Waals surface area contributed by atoms with Crippen molar-refractivity contribution in [1.82, 2.24) is 47.1 Å². The highest BCUT2D eigenvalue weighted by molar-refractivity contribution is 7.99. The Morgan fingerprint density at radius 1 is 0.855 bits per heavy atom. The van der Waals surface area contributed by atoms with Gasteiger partial charge in [-0.2, -0.15) is 0 Å². The summed E-state index contributed by atoms with van der Waals surface area (Å²) in [6.45, 7) is 2.53. The summed E-state index contributed by atoms with van der Waals surface area (Å²) in [5.74, 6) is -9.79. The number of aromatic nitrogens is 1. The summed E-state index contributed by atoms with van der Waals surface area (Å²) in [4.78, 5) is 128. The second kappa shape index (κ2) is 20.9. The Morgan fingerprint density at radius 3 is 2.21 bits per heavy atom. The summed E-state index contributed by atoms with van der Waals surface area (Å²) in [6, 6.07) is -2.57. The van der Waals surface area contributed by atoms with E-state index in [1.807, 2.05) is 0 Å². The van der Waals surface area contributed by atoms with Gasteiger partial charge in [0.25, 0.3) is 0 Å². The summed E-state index contributed by atoms with van der Waals surface area (Å²) in [7, 11) is 0. The lowest BCUT2D eigenvalue weighted by Gasteiger charge is -2.33. The molecule has 62 heavy (non-hydrogen) atoms. The first-order valence-corrected chi connectivity index (χ1v) is 21.3. The number of nitrogens with one attached hydrogen (secondary N) is 8. The number of amides is 9. The van der Waals surface area contributed by atoms with Gasteiger partial charge in [0.15, 0.2) is 0 Å². The van der Waals surface area contributed by atoms with Crippen molar-refractivity contribution in [2.75, 3.05) is 32.0 Å².